The van der Waals surface area contributed by atoms with Crippen LogP contribution in [0.1, 0.15) is 17.5 Å². The van der Waals surface area contributed by atoms with Crippen molar-refractivity contribution in [1.29, 1.82) is 5.26 Å². The molecule has 1 fully saturated rings. The normalized spacial score (nSPS) is 13.5. The predicted octanol–water partition coefficient (Wildman–Crippen LogP) is 6.12. The maximum absolute atomic E-state index is 14.4. The molecule has 5 rings (SSSR count). The van der Waals surface area contributed by atoms with Gasteiger partial charge in [0.2, 0.25) is 0 Å². The lowest BCUT2D eigenvalue weighted by Gasteiger charge is -2.42. The number of halogens is 3. The van der Waals surface area contributed by atoms with Crippen molar-refractivity contribution in [1.82, 2.24) is 10.3 Å². The summed E-state index contributed by atoms with van der Waals surface area (Å²) in [6.45, 7) is 4.38. The molecule has 0 aliphatic carbocycles. The molecule has 0 radical (unpaired) electrons. The SMILES string of the molecule is Cc1cc(F)cc(-c2cnc3ccc(-c4cc(F)cc(C#N)c4O)cc3c2N2CC(CNCCCF)C2)c1. The van der Waals surface area contributed by atoms with Crippen molar-refractivity contribution in [3.63, 3.8) is 0 Å². The van der Waals surface area contributed by atoms with E-state index in [1.807, 2.05) is 25.1 Å². The molecular weight excluding hydrogens is 489 g/mol. The Morgan fingerprint density at radius 1 is 1.05 bits per heavy atom. The average Bonchev–Trinajstić information content (AvgIpc) is 2.87. The van der Waals surface area contributed by atoms with Crippen LogP contribution in [-0.2, 0) is 0 Å². The molecule has 2 heterocycles. The van der Waals surface area contributed by atoms with Gasteiger partial charge in [-0.2, -0.15) is 5.26 Å². The van der Waals surface area contributed by atoms with Gasteiger partial charge in [0, 0.05) is 48.3 Å². The number of phenols is 1. The van der Waals surface area contributed by atoms with Gasteiger partial charge >= 0.3 is 0 Å². The van der Waals surface area contributed by atoms with Crippen molar-refractivity contribution in [3.05, 3.63) is 77.5 Å². The second-order valence-corrected chi connectivity index (χ2v) is 9.75. The summed E-state index contributed by atoms with van der Waals surface area (Å²) in [4.78, 5) is 6.84. The molecule has 3 aromatic carbocycles. The number of phenolic OH excluding ortho intramolecular Hbond substituents is 1. The smallest absolute Gasteiger partial charge is 0.141 e. The summed E-state index contributed by atoms with van der Waals surface area (Å²) < 4.78 is 41.1. The number of anilines is 1. The molecule has 194 valence electrons. The van der Waals surface area contributed by atoms with E-state index in [1.165, 1.54) is 18.2 Å². The Kier molecular flexibility index (Phi) is 7.21. The monoisotopic (exact) mass is 516 g/mol. The minimum absolute atomic E-state index is 0.145. The highest BCUT2D eigenvalue weighted by Crippen LogP contribution is 2.42. The van der Waals surface area contributed by atoms with Crippen LogP contribution >= 0.6 is 0 Å². The second-order valence-electron chi connectivity index (χ2n) is 9.75. The van der Waals surface area contributed by atoms with E-state index in [0.717, 1.165) is 47.9 Å². The lowest BCUT2D eigenvalue weighted by atomic mass is 9.92. The zero-order valence-electron chi connectivity index (χ0n) is 20.9. The number of alkyl halides is 1. The second kappa shape index (κ2) is 10.7. The Morgan fingerprint density at radius 3 is 2.58 bits per heavy atom. The minimum atomic E-state index is -0.623. The molecule has 38 heavy (non-hydrogen) atoms. The molecule has 0 atom stereocenters. The van der Waals surface area contributed by atoms with E-state index in [2.05, 4.69) is 15.2 Å². The van der Waals surface area contributed by atoms with Crippen molar-refractivity contribution < 1.29 is 18.3 Å². The molecule has 1 aliphatic rings. The van der Waals surface area contributed by atoms with E-state index in [1.54, 1.807) is 18.3 Å². The van der Waals surface area contributed by atoms with E-state index in [0.29, 0.717) is 35.5 Å². The predicted molar refractivity (Wildman–Crippen MR) is 143 cm³/mol. The van der Waals surface area contributed by atoms with Crippen LogP contribution in [0.15, 0.2) is 54.7 Å². The van der Waals surface area contributed by atoms with Gasteiger partial charge in [-0.3, -0.25) is 9.37 Å². The summed E-state index contributed by atoms with van der Waals surface area (Å²) in [6.07, 6.45) is 2.23. The molecule has 2 N–H and O–H groups in total. The number of aryl methyl sites for hydroxylation is 1. The molecule has 4 aromatic rings. The molecule has 0 saturated carbocycles. The Morgan fingerprint density at radius 2 is 1.84 bits per heavy atom. The number of benzene rings is 3. The topological polar surface area (TPSA) is 72.2 Å². The third-order valence-corrected chi connectivity index (χ3v) is 6.89. The molecule has 0 unspecified atom stereocenters. The van der Waals surface area contributed by atoms with Crippen LogP contribution in [0.25, 0.3) is 33.2 Å². The van der Waals surface area contributed by atoms with Crippen LogP contribution in [0.2, 0.25) is 0 Å². The lowest BCUT2D eigenvalue weighted by molar-refractivity contribution is 0.377. The lowest BCUT2D eigenvalue weighted by Crippen LogP contribution is -2.51. The third-order valence-electron chi connectivity index (χ3n) is 6.89. The number of hydrogen-bond donors (Lipinski definition) is 2. The third kappa shape index (κ3) is 5.02. The standard InChI is InChI=1S/C30H27F3N4O/c1-18-7-21(9-23(32)8-18)27-15-36-28-4-3-20(25-12-24(33)10-22(13-34)30(25)38)11-26(28)29(27)37-16-19(17-37)14-35-6-2-5-31/h3-4,7-12,15,19,35,38H,2,5-6,14,16-17H2,1H3. The number of aromatic nitrogens is 1. The van der Waals surface area contributed by atoms with Crippen molar-refractivity contribution in [3.8, 4) is 34.1 Å². The highest BCUT2D eigenvalue weighted by molar-refractivity contribution is 6.02. The van der Waals surface area contributed by atoms with Gasteiger partial charge in [0.25, 0.3) is 0 Å². The minimum Gasteiger partial charge on any atom is -0.506 e. The van der Waals surface area contributed by atoms with Crippen LogP contribution in [0.5, 0.6) is 5.75 Å². The van der Waals surface area contributed by atoms with Crippen LogP contribution in [0, 0.1) is 35.8 Å². The number of aromatic hydroxyl groups is 1. The van der Waals surface area contributed by atoms with Crippen LogP contribution in [0.4, 0.5) is 18.9 Å². The Hall–Kier alpha value is -4.09. The number of nitriles is 1. The van der Waals surface area contributed by atoms with E-state index < -0.39 is 5.82 Å². The number of hydrogen-bond acceptors (Lipinski definition) is 5. The summed E-state index contributed by atoms with van der Waals surface area (Å²) in [5, 5.41) is 24.0. The van der Waals surface area contributed by atoms with Crippen LogP contribution in [-0.4, -0.2) is 42.9 Å². The molecule has 1 aromatic heterocycles. The van der Waals surface area contributed by atoms with Crippen LogP contribution in [0.3, 0.4) is 0 Å². The van der Waals surface area contributed by atoms with E-state index >= 15 is 0 Å². The number of nitrogens with zero attached hydrogens (tertiary/aromatic N) is 3. The Balaban J connectivity index is 1.61. The van der Waals surface area contributed by atoms with Gasteiger partial charge in [0.1, 0.15) is 23.5 Å². The van der Waals surface area contributed by atoms with Gasteiger partial charge in [-0.05, 0) is 73.0 Å². The summed E-state index contributed by atoms with van der Waals surface area (Å²) in [6, 6.07) is 14.2. The van der Waals surface area contributed by atoms with Crippen molar-refractivity contribution >= 4 is 16.6 Å². The van der Waals surface area contributed by atoms with Gasteiger partial charge in [0.15, 0.2) is 0 Å². The first-order valence-corrected chi connectivity index (χ1v) is 12.5. The zero-order valence-corrected chi connectivity index (χ0v) is 20.9. The Bertz CT molecular complexity index is 1520. The highest BCUT2D eigenvalue weighted by Gasteiger charge is 2.30. The zero-order chi connectivity index (χ0) is 26.8. The number of nitrogens with one attached hydrogen (secondary N) is 1. The summed E-state index contributed by atoms with van der Waals surface area (Å²) in [7, 11) is 0. The Labute approximate surface area is 219 Å². The summed E-state index contributed by atoms with van der Waals surface area (Å²) in [5.41, 5.74) is 4.41. The van der Waals surface area contributed by atoms with Crippen molar-refractivity contribution in [2.24, 2.45) is 5.92 Å². The average molecular weight is 517 g/mol. The molecule has 1 saturated heterocycles. The molecular formula is C30H27F3N4O. The van der Waals surface area contributed by atoms with Gasteiger partial charge in [-0.1, -0.05) is 12.1 Å². The number of pyridine rings is 1. The first-order chi connectivity index (χ1) is 18.4. The molecule has 0 spiro atoms. The van der Waals surface area contributed by atoms with E-state index in [4.69, 9.17) is 0 Å². The van der Waals surface area contributed by atoms with E-state index in [9.17, 15) is 23.5 Å². The van der Waals surface area contributed by atoms with Gasteiger partial charge in [0.05, 0.1) is 23.4 Å². The van der Waals surface area contributed by atoms with Gasteiger partial charge < -0.3 is 15.3 Å². The first-order valence-electron chi connectivity index (χ1n) is 12.5. The first kappa shape index (κ1) is 25.6. The maximum atomic E-state index is 14.4. The molecule has 8 heteroatoms. The molecule has 1 aliphatic heterocycles. The van der Waals surface area contributed by atoms with Gasteiger partial charge in [-0.25, -0.2) is 8.78 Å². The number of fused-ring (bicyclic) bond motifs is 1. The van der Waals surface area contributed by atoms with E-state index in [-0.39, 0.29) is 29.4 Å². The van der Waals surface area contributed by atoms with Crippen LogP contribution < -0.4 is 10.2 Å². The quantitative estimate of drug-likeness (QED) is 0.276. The maximum Gasteiger partial charge on any atom is 0.141 e. The fraction of sp³-hybridized carbons (Fsp3) is 0.267. The fourth-order valence-electron chi connectivity index (χ4n) is 5.07. The molecule has 0 bridgehead atoms. The summed E-state index contributed by atoms with van der Waals surface area (Å²) >= 11 is 0. The largest absolute Gasteiger partial charge is 0.506 e. The number of rotatable bonds is 8. The fourth-order valence-corrected chi connectivity index (χ4v) is 5.07. The van der Waals surface area contributed by atoms with Crippen molar-refractivity contribution in [2.75, 3.05) is 37.8 Å². The summed E-state index contributed by atoms with van der Waals surface area (Å²) in [5.74, 6) is -0.883. The molecule has 0 amide bonds. The highest BCUT2D eigenvalue weighted by atomic mass is 19.1. The van der Waals surface area contributed by atoms with Crippen molar-refractivity contribution in [2.45, 2.75) is 13.3 Å². The van der Waals surface area contributed by atoms with Gasteiger partial charge in [-0.15, -0.1) is 0 Å². The molecule has 5 nitrogen and oxygen atoms in total.